The van der Waals surface area contributed by atoms with Gasteiger partial charge in [0.15, 0.2) is 0 Å². The second kappa shape index (κ2) is 5.50. The molecule has 0 aliphatic carbocycles. The first-order valence-electron chi connectivity index (χ1n) is 8.09. The average molecular weight is 272 g/mol. The van der Waals surface area contributed by atoms with Gasteiger partial charge in [-0.15, -0.1) is 0 Å². The molecule has 1 aromatic rings. The van der Waals surface area contributed by atoms with Gasteiger partial charge in [-0.05, 0) is 42.7 Å². The van der Waals surface area contributed by atoms with Crippen LogP contribution in [0.25, 0.3) is 0 Å². The van der Waals surface area contributed by atoms with E-state index in [1.807, 2.05) is 0 Å². The maximum Gasteiger partial charge on any atom is 0.0632 e. The molecule has 20 heavy (non-hydrogen) atoms. The highest BCUT2D eigenvalue weighted by Gasteiger charge is 2.46. The Morgan fingerprint density at radius 1 is 1.20 bits per heavy atom. The normalized spacial score (nSPS) is 31.2. The van der Waals surface area contributed by atoms with Crippen LogP contribution in [0.15, 0.2) is 30.3 Å². The van der Waals surface area contributed by atoms with Crippen molar-refractivity contribution in [3.05, 3.63) is 35.9 Å². The van der Waals surface area contributed by atoms with E-state index < -0.39 is 0 Å². The lowest BCUT2D eigenvalue weighted by Gasteiger charge is -2.39. The fraction of sp³-hybridized carbons (Fsp3) is 0.667. The van der Waals surface area contributed by atoms with Gasteiger partial charge in [0.1, 0.15) is 0 Å². The van der Waals surface area contributed by atoms with E-state index in [2.05, 4.69) is 61.3 Å². The van der Waals surface area contributed by atoms with E-state index in [-0.39, 0.29) is 0 Å². The maximum absolute atomic E-state index is 3.78. The number of nitrogens with zero attached hydrogens (tertiary/aromatic N) is 1. The third kappa shape index (κ3) is 2.77. The fourth-order valence-corrected chi connectivity index (χ4v) is 4.04. The fourth-order valence-electron chi connectivity index (χ4n) is 4.04. The van der Waals surface area contributed by atoms with Gasteiger partial charge in [-0.25, -0.2) is 0 Å². The van der Waals surface area contributed by atoms with Crippen LogP contribution in [0.2, 0.25) is 0 Å². The molecule has 0 spiro atoms. The van der Waals surface area contributed by atoms with Crippen LogP contribution in [-0.4, -0.2) is 23.7 Å². The van der Waals surface area contributed by atoms with Crippen LogP contribution in [0.5, 0.6) is 0 Å². The molecule has 110 valence electrons. The number of rotatable bonds is 2. The minimum absolute atomic E-state index is 0.355. The number of nitrogens with one attached hydrogen (secondary N) is 1. The van der Waals surface area contributed by atoms with Crippen LogP contribution in [0.4, 0.5) is 0 Å². The van der Waals surface area contributed by atoms with Crippen LogP contribution in [0, 0.1) is 11.3 Å². The first-order chi connectivity index (χ1) is 9.55. The molecule has 2 heteroatoms. The molecule has 2 nitrogen and oxygen atoms in total. The number of hydrogen-bond donors (Lipinski definition) is 1. The van der Waals surface area contributed by atoms with Gasteiger partial charge in [0, 0.05) is 12.6 Å². The molecule has 3 unspecified atom stereocenters. The molecule has 3 rings (SSSR count). The topological polar surface area (TPSA) is 15.3 Å². The third-order valence-corrected chi connectivity index (χ3v) is 5.04. The molecule has 0 amide bonds. The van der Waals surface area contributed by atoms with Gasteiger partial charge < -0.3 is 5.32 Å². The van der Waals surface area contributed by atoms with Crippen molar-refractivity contribution >= 4 is 0 Å². The Labute approximate surface area is 123 Å². The Bertz CT molecular complexity index is 434. The second-order valence-corrected chi connectivity index (χ2v) is 7.58. The van der Waals surface area contributed by atoms with Gasteiger partial charge in [0.25, 0.3) is 0 Å². The monoisotopic (exact) mass is 272 g/mol. The van der Waals surface area contributed by atoms with Crippen LogP contribution in [0.3, 0.4) is 0 Å². The van der Waals surface area contributed by atoms with Crippen molar-refractivity contribution in [3.63, 3.8) is 0 Å². The van der Waals surface area contributed by atoms with Crippen LogP contribution >= 0.6 is 0 Å². The number of piperidine rings is 1. The zero-order valence-electron chi connectivity index (χ0n) is 13.1. The summed E-state index contributed by atoms with van der Waals surface area (Å²) in [5.41, 5.74) is 1.79. The molecular formula is C18H28N2. The number of likely N-dealkylation sites (tertiary alicyclic amines) is 1. The summed E-state index contributed by atoms with van der Waals surface area (Å²) in [4.78, 5) is 2.74. The zero-order valence-corrected chi connectivity index (χ0v) is 13.1. The van der Waals surface area contributed by atoms with E-state index in [9.17, 15) is 0 Å². The highest BCUT2D eigenvalue weighted by atomic mass is 15.3. The van der Waals surface area contributed by atoms with E-state index in [0.717, 1.165) is 12.5 Å². The van der Waals surface area contributed by atoms with Gasteiger partial charge in [-0.2, -0.15) is 0 Å². The Morgan fingerprint density at radius 3 is 2.65 bits per heavy atom. The molecule has 0 radical (unpaired) electrons. The molecule has 1 N–H and O–H groups in total. The Morgan fingerprint density at radius 2 is 1.95 bits per heavy atom. The first-order valence-corrected chi connectivity index (χ1v) is 8.09. The molecule has 2 aliphatic rings. The predicted molar refractivity (Wildman–Crippen MR) is 84.4 cm³/mol. The van der Waals surface area contributed by atoms with Gasteiger partial charge in [-0.1, -0.05) is 51.1 Å². The second-order valence-electron chi connectivity index (χ2n) is 7.58. The predicted octanol–water partition coefficient (Wildman–Crippen LogP) is 3.63. The van der Waals surface area contributed by atoms with Crippen molar-refractivity contribution in [2.45, 2.75) is 58.8 Å². The number of benzene rings is 1. The largest absolute Gasteiger partial charge is 0.301 e. The lowest BCUT2D eigenvalue weighted by atomic mass is 9.82. The van der Waals surface area contributed by atoms with Crippen molar-refractivity contribution in [1.29, 1.82) is 0 Å². The van der Waals surface area contributed by atoms with Crippen molar-refractivity contribution in [1.82, 2.24) is 10.2 Å². The summed E-state index contributed by atoms with van der Waals surface area (Å²) in [7, 11) is 0. The SMILES string of the molecule is CC(C)(C)C1CC2CCCNC2N1Cc1ccccc1. The quantitative estimate of drug-likeness (QED) is 0.884. The molecular weight excluding hydrogens is 244 g/mol. The Kier molecular flexibility index (Phi) is 3.87. The molecule has 1 aromatic carbocycles. The van der Waals surface area contributed by atoms with E-state index in [0.29, 0.717) is 17.6 Å². The molecule has 3 atom stereocenters. The van der Waals surface area contributed by atoms with Crippen molar-refractivity contribution in [2.24, 2.45) is 11.3 Å². The summed E-state index contributed by atoms with van der Waals surface area (Å²) in [6.45, 7) is 9.45. The lowest BCUT2D eigenvalue weighted by molar-refractivity contribution is 0.0748. The van der Waals surface area contributed by atoms with Crippen LogP contribution in [0.1, 0.15) is 45.6 Å². The first kappa shape index (κ1) is 14.1. The average Bonchev–Trinajstić information content (AvgIpc) is 2.79. The molecule has 0 bridgehead atoms. The van der Waals surface area contributed by atoms with E-state index in [1.54, 1.807) is 0 Å². The lowest BCUT2D eigenvalue weighted by Crippen LogP contribution is -2.51. The van der Waals surface area contributed by atoms with Gasteiger partial charge in [-0.3, -0.25) is 4.90 Å². The van der Waals surface area contributed by atoms with Gasteiger partial charge in [0.2, 0.25) is 0 Å². The Hall–Kier alpha value is -0.860. The summed E-state index contributed by atoms with van der Waals surface area (Å²) in [6.07, 6.45) is 4.69. The van der Waals surface area contributed by atoms with Gasteiger partial charge >= 0.3 is 0 Å². The molecule has 2 saturated heterocycles. The summed E-state index contributed by atoms with van der Waals surface area (Å²) < 4.78 is 0. The van der Waals surface area contributed by atoms with Gasteiger partial charge in [0.05, 0.1) is 6.17 Å². The molecule has 2 aliphatic heterocycles. The third-order valence-electron chi connectivity index (χ3n) is 5.04. The summed E-state index contributed by atoms with van der Waals surface area (Å²) in [6, 6.07) is 11.6. The molecule has 2 fully saturated rings. The molecule has 2 heterocycles. The summed E-state index contributed by atoms with van der Waals surface area (Å²) in [5, 5.41) is 3.78. The van der Waals surface area contributed by atoms with Crippen LogP contribution in [-0.2, 0) is 6.54 Å². The minimum Gasteiger partial charge on any atom is -0.301 e. The van der Waals surface area contributed by atoms with Crippen molar-refractivity contribution < 1.29 is 0 Å². The molecule has 0 aromatic heterocycles. The number of fused-ring (bicyclic) bond motifs is 1. The molecule has 0 saturated carbocycles. The summed E-state index contributed by atoms with van der Waals surface area (Å²) >= 11 is 0. The smallest absolute Gasteiger partial charge is 0.0632 e. The maximum atomic E-state index is 3.78. The van der Waals surface area contributed by atoms with Crippen molar-refractivity contribution in [3.8, 4) is 0 Å². The van der Waals surface area contributed by atoms with Crippen LogP contribution < -0.4 is 5.32 Å². The standard InChI is InChI=1S/C18H28N2/c1-18(2,3)16-12-15-10-7-11-19-17(15)20(16)13-14-8-5-4-6-9-14/h4-6,8-9,15-17,19H,7,10-13H2,1-3H3. The highest BCUT2D eigenvalue weighted by Crippen LogP contribution is 2.42. The van der Waals surface area contributed by atoms with E-state index >= 15 is 0 Å². The minimum atomic E-state index is 0.355. The zero-order chi connectivity index (χ0) is 14.2. The van der Waals surface area contributed by atoms with E-state index in [4.69, 9.17) is 0 Å². The highest BCUT2D eigenvalue weighted by molar-refractivity contribution is 5.16. The Balaban J connectivity index is 1.83. The van der Waals surface area contributed by atoms with Crippen molar-refractivity contribution in [2.75, 3.05) is 6.54 Å². The van der Waals surface area contributed by atoms with E-state index in [1.165, 1.54) is 31.4 Å². The number of hydrogen-bond acceptors (Lipinski definition) is 2. The summed E-state index contributed by atoms with van der Waals surface area (Å²) in [5.74, 6) is 0.844.